The molecule has 1 aromatic rings. The molecule has 3 rings (SSSR count). The molecule has 0 saturated carbocycles. The third kappa shape index (κ3) is 3.49. The summed E-state index contributed by atoms with van der Waals surface area (Å²) in [5.41, 5.74) is 0.569. The molecule has 2 heterocycles. The van der Waals surface area contributed by atoms with Crippen LogP contribution in [-0.4, -0.2) is 65.5 Å². The van der Waals surface area contributed by atoms with Crippen LogP contribution in [-0.2, 0) is 4.79 Å². The molecule has 0 aromatic heterocycles. The molecule has 2 fully saturated rings. The van der Waals surface area contributed by atoms with Gasteiger partial charge in [-0.05, 0) is 37.2 Å². The maximum Gasteiger partial charge on any atom is 0.255 e. The minimum Gasteiger partial charge on any atom is -0.340 e. The Morgan fingerprint density at radius 1 is 1.35 bits per heavy atom. The first-order valence-electron chi connectivity index (χ1n) is 7.69. The average Bonchev–Trinajstić information content (AvgIpc) is 3.24. The maximum atomic E-state index is 12.8. The van der Waals surface area contributed by atoms with Gasteiger partial charge in [0.25, 0.3) is 5.91 Å². The summed E-state index contributed by atoms with van der Waals surface area (Å²) in [6.07, 6.45) is 0.966. The van der Waals surface area contributed by atoms with Crippen molar-refractivity contribution in [3.8, 4) is 0 Å². The molecule has 1 N–H and O–H groups in total. The Balaban J connectivity index is 1.72. The van der Waals surface area contributed by atoms with Crippen molar-refractivity contribution in [2.75, 3.05) is 31.8 Å². The van der Waals surface area contributed by atoms with Gasteiger partial charge in [-0.2, -0.15) is 0 Å². The number of nitrogens with one attached hydrogen (secondary N) is 1. The van der Waals surface area contributed by atoms with Crippen molar-refractivity contribution in [2.45, 2.75) is 18.5 Å². The van der Waals surface area contributed by atoms with Crippen molar-refractivity contribution in [1.29, 1.82) is 0 Å². The molecule has 2 atom stereocenters. The van der Waals surface area contributed by atoms with Crippen LogP contribution < -0.4 is 5.32 Å². The summed E-state index contributed by atoms with van der Waals surface area (Å²) in [7, 11) is 1.84. The third-order valence-electron chi connectivity index (χ3n) is 4.45. The summed E-state index contributed by atoms with van der Waals surface area (Å²) >= 11 is 7.49. The van der Waals surface area contributed by atoms with E-state index in [1.165, 1.54) is 0 Å². The van der Waals surface area contributed by atoms with E-state index in [-0.39, 0.29) is 23.9 Å². The van der Waals surface area contributed by atoms with Gasteiger partial charge in [-0.15, -0.1) is 11.8 Å². The Kier molecular flexibility index (Phi) is 5.14. The number of rotatable bonds is 3. The van der Waals surface area contributed by atoms with Gasteiger partial charge >= 0.3 is 0 Å². The molecular formula is C16H20ClN3O2S. The van der Waals surface area contributed by atoms with Gasteiger partial charge in [0.1, 0.15) is 6.04 Å². The zero-order valence-corrected chi connectivity index (χ0v) is 14.6. The van der Waals surface area contributed by atoms with Crippen LogP contribution >= 0.6 is 23.4 Å². The largest absolute Gasteiger partial charge is 0.340 e. The molecule has 23 heavy (non-hydrogen) atoms. The average molecular weight is 354 g/mol. The molecule has 0 radical (unpaired) electrons. The highest BCUT2D eigenvalue weighted by molar-refractivity contribution is 7.99. The number of halogens is 1. The molecule has 7 heteroatoms. The number of nitrogens with zero attached hydrogens (tertiary/aromatic N) is 2. The van der Waals surface area contributed by atoms with E-state index < -0.39 is 0 Å². The van der Waals surface area contributed by atoms with Crippen LogP contribution in [0.25, 0.3) is 0 Å². The van der Waals surface area contributed by atoms with Gasteiger partial charge < -0.3 is 15.1 Å². The van der Waals surface area contributed by atoms with Gasteiger partial charge in [0.05, 0.1) is 5.88 Å². The first kappa shape index (κ1) is 16.6. The summed E-state index contributed by atoms with van der Waals surface area (Å²) in [6.45, 7) is 1.77. The molecule has 2 aliphatic heterocycles. The number of hydrogen-bond acceptors (Lipinski definition) is 4. The first-order valence-corrected chi connectivity index (χ1v) is 9.23. The topological polar surface area (TPSA) is 52.7 Å². The predicted molar refractivity (Wildman–Crippen MR) is 92.8 cm³/mol. The van der Waals surface area contributed by atoms with Crippen molar-refractivity contribution in [2.24, 2.45) is 0 Å². The fourth-order valence-corrected chi connectivity index (χ4v) is 4.26. The molecule has 2 aliphatic rings. The van der Waals surface area contributed by atoms with Crippen LogP contribution in [0.2, 0.25) is 5.02 Å². The number of benzene rings is 1. The normalized spacial score (nSPS) is 24.0. The van der Waals surface area contributed by atoms with Crippen LogP contribution in [0.1, 0.15) is 16.8 Å². The van der Waals surface area contributed by atoms with Crippen molar-refractivity contribution < 1.29 is 9.59 Å². The monoisotopic (exact) mass is 353 g/mol. The molecule has 2 amide bonds. The fraction of sp³-hybridized carbons (Fsp3) is 0.500. The van der Waals surface area contributed by atoms with Gasteiger partial charge in [-0.3, -0.25) is 9.59 Å². The number of carbonyl (C=O) groups is 2. The minimum atomic E-state index is -0.381. The second-order valence-electron chi connectivity index (χ2n) is 5.89. The standard InChI is InChI=1S/C16H20ClN3O2S/c1-19(13-6-7-18-8-13)16(22)14-9-23-10-20(14)15(21)11-2-4-12(17)5-3-11/h2-5,13-14,18H,6-10H2,1H3. The van der Waals surface area contributed by atoms with E-state index in [1.54, 1.807) is 45.8 Å². The highest BCUT2D eigenvalue weighted by Crippen LogP contribution is 2.25. The summed E-state index contributed by atoms with van der Waals surface area (Å²) in [5.74, 6) is 1.13. The predicted octanol–water partition coefficient (Wildman–Crippen LogP) is 1.68. The Labute approximate surface area is 145 Å². The van der Waals surface area contributed by atoms with E-state index in [0.717, 1.165) is 19.5 Å². The zero-order chi connectivity index (χ0) is 16.4. The Hall–Kier alpha value is -1.24. The fourth-order valence-electron chi connectivity index (χ4n) is 2.99. The number of thioether (sulfide) groups is 1. The molecule has 2 saturated heterocycles. The van der Waals surface area contributed by atoms with Gasteiger partial charge in [-0.25, -0.2) is 0 Å². The second-order valence-corrected chi connectivity index (χ2v) is 7.33. The Morgan fingerprint density at radius 2 is 2.09 bits per heavy atom. The first-order chi connectivity index (χ1) is 11.1. The number of hydrogen-bond donors (Lipinski definition) is 1. The molecular weight excluding hydrogens is 334 g/mol. The molecule has 0 bridgehead atoms. The quantitative estimate of drug-likeness (QED) is 0.898. The zero-order valence-electron chi connectivity index (χ0n) is 13.0. The highest BCUT2D eigenvalue weighted by Gasteiger charge is 2.38. The van der Waals surface area contributed by atoms with Crippen molar-refractivity contribution in [1.82, 2.24) is 15.1 Å². The van der Waals surface area contributed by atoms with Crippen LogP contribution in [0.4, 0.5) is 0 Å². The van der Waals surface area contributed by atoms with Gasteiger partial charge in [0.15, 0.2) is 0 Å². The molecule has 1 aromatic carbocycles. The molecule has 124 valence electrons. The van der Waals surface area contributed by atoms with Crippen LogP contribution in [0.5, 0.6) is 0 Å². The number of carbonyl (C=O) groups excluding carboxylic acids is 2. The summed E-state index contributed by atoms with van der Waals surface area (Å²) in [5, 5.41) is 3.87. The number of likely N-dealkylation sites (N-methyl/N-ethyl adjacent to an activating group) is 1. The van der Waals surface area contributed by atoms with E-state index in [9.17, 15) is 9.59 Å². The molecule has 0 spiro atoms. The summed E-state index contributed by atoms with van der Waals surface area (Å²) in [6, 6.07) is 6.66. The lowest BCUT2D eigenvalue weighted by Gasteiger charge is -2.30. The number of amides is 2. The molecule has 0 aliphatic carbocycles. The summed E-state index contributed by atoms with van der Waals surface area (Å²) < 4.78 is 0. The molecule has 5 nitrogen and oxygen atoms in total. The van der Waals surface area contributed by atoms with Crippen LogP contribution in [0, 0.1) is 0 Å². The maximum absolute atomic E-state index is 12.8. The third-order valence-corrected chi connectivity index (χ3v) is 5.71. The Morgan fingerprint density at radius 3 is 2.74 bits per heavy atom. The van der Waals surface area contributed by atoms with Gasteiger partial charge in [0.2, 0.25) is 5.91 Å². The molecule has 2 unspecified atom stereocenters. The lowest BCUT2D eigenvalue weighted by Crippen LogP contribution is -2.51. The smallest absolute Gasteiger partial charge is 0.255 e. The van der Waals surface area contributed by atoms with E-state index in [4.69, 9.17) is 11.6 Å². The lowest BCUT2D eigenvalue weighted by atomic mass is 10.1. The van der Waals surface area contributed by atoms with E-state index in [1.807, 2.05) is 7.05 Å². The van der Waals surface area contributed by atoms with Crippen LogP contribution in [0.3, 0.4) is 0 Å². The minimum absolute atomic E-state index is 0.0333. The lowest BCUT2D eigenvalue weighted by molar-refractivity contribution is -0.135. The van der Waals surface area contributed by atoms with Crippen molar-refractivity contribution in [3.63, 3.8) is 0 Å². The van der Waals surface area contributed by atoms with Gasteiger partial charge in [0, 0.05) is 36.0 Å². The van der Waals surface area contributed by atoms with Crippen molar-refractivity contribution >= 4 is 35.2 Å². The van der Waals surface area contributed by atoms with E-state index >= 15 is 0 Å². The van der Waals surface area contributed by atoms with Crippen molar-refractivity contribution in [3.05, 3.63) is 34.9 Å². The SMILES string of the molecule is CN(C(=O)C1CSCN1C(=O)c1ccc(Cl)cc1)C1CCNC1. The Bertz CT molecular complexity index is 589. The summed E-state index contributed by atoms with van der Waals surface area (Å²) in [4.78, 5) is 29.0. The second kappa shape index (κ2) is 7.11. The van der Waals surface area contributed by atoms with E-state index in [0.29, 0.717) is 22.2 Å². The van der Waals surface area contributed by atoms with Gasteiger partial charge in [-0.1, -0.05) is 11.6 Å². The van der Waals surface area contributed by atoms with Crippen LogP contribution in [0.15, 0.2) is 24.3 Å². The highest BCUT2D eigenvalue weighted by atomic mass is 35.5. The van der Waals surface area contributed by atoms with E-state index in [2.05, 4.69) is 5.32 Å².